The second kappa shape index (κ2) is 7.77. The third-order valence-corrected chi connectivity index (χ3v) is 6.00. The van der Waals surface area contributed by atoms with Crippen LogP contribution in [-0.4, -0.2) is 65.9 Å². The van der Waals surface area contributed by atoms with Crippen LogP contribution in [0.5, 0.6) is 0 Å². The number of esters is 1. The Morgan fingerprint density at radius 3 is 2.59 bits per heavy atom. The maximum atomic E-state index is 13.0. The number of nitrogens with one attached hydrogen (secondary N) is 1. The van der Waals surface area contributed by atoms with Crippen molar-refractivity contribution in [2.75, 3.05) is 34.3 Å². The van der Waals surface area contributed by atoms with E-state index < -0.39 is 0 Å². The minimum Gasteiger partial charge on any atom is -0.469 e. The second-order valence-electron chi connectivity index (χ2n) is 7.08. The minimum absolute atomic E-state index is 0.104. The molecule has 0 radical (unpaired) electrons. The number of carbonyl (C=O) groups is 2. The molecule has 0 aliphatic carbocycles. The van der Waals surface area contributed by atoms with Gasteiger partial charge in [-0.15, -0.1) is 11.3 Å². The number of hydrogen-bond donors (Lipinski definition) is 1. The minimum atomic E-state index is -0.218. The van der Waals surface area contributed by atoms with Crippen LogP contribution in [0, 0.1) is 12.8 Å². The SMILES string of the molecule is COC(=O)C1CCN(C(=O)c2sc3nc(CN(C)C)[nH]c(=O)c3c2C)CC1. The summed E-state index contributed by atoms with van der Waals surface area (Å²) >= 11 is 1.26. The van der Waals surface area contributed by atoms with E-state index in [0.717, 1.165) is 0 Å². The van der Waals surface area contributed by atoms with Gasteiger partial charge in [-0.1, -0.05) is 0 Å². The van der Waals surface area contributed by atoms with Gasteiger partial charge in [0.2, 0.25) is 0 Å². The topological polar surface area (TPSA) is 95.6 Å². The number of thiophene rings is 1. The van der Waals surface area contributed by atoms with Crippen molar-refractivity contribution in [3.63, 3.8) is 0 Å². The fourth-order valence-corrected chi connectivity index (χ4v) is 4.56. The van der Waals surface area contributed by atoms with Crippen LogP contribution in [0.3, 0.4) is 0 Å². The predicted molar refractivity (Wildman–Crippen MR) is 103 cm³/mol. The lowest BCUT2D eigenvalue weighted by molar-refractivity contribution is -0.146. The highest BCUT2D eigenvalue weighted by Crippen LogP contribution is 2.29. The number of likely N-dealkylation sites (tertiary alicyclic amines) is 1. The number of amides is 1. The summed E-state index contributed by atoms with van der Waals surface area (Å²) in [6.45, 7) is 3.31. The van der Waals surface area contributed by atoms with E-state index in [1.54, 1.807) is 11.8 Å². The van der Waals surface area contributed by atoms with Crippen molar-refractivity contribution < 1.29 is 14.3 Å². The van der Waals surface area contributed by atoms with E-state index in [4.69, 9.17) is 4.74 Å². The third-order valence-electron chi connectivity index (χ3n) is 4.83. The van der Waals surface area contributed by atoms with Gasteiger partial charge in [-0.25, -0.2) is 4.98 Å². The molecule has 0 bridgehead atoms. The third kappa shape index (κ3) is 3.89. The first kappa shape index (κ1) is 19.5. The largest absolute Gasteiger partial charge is 0.469 e. The lowest BCUT2D eigenvalue weighted by Crippen LogP contribution is -2.40. The van der Waals surface area contributed by atoms with Gasteiger partial charge >= 0.3 is 5.97 Å². The lowest BCUT2D eigenvalue weighted by Gasteiger charge is -2.30. The van der Waals surface area contributed by atoms with Gasteiger partial charge in [0.25, 0.3) is 11.5 Å². The molecule has 1 fully saturated rings. The maximum Gasteiger partial charge on any atom is 0.308 e. The van der Waals surface area contributed by atoms with Crippen molar-refractivity contribution in [1.82, 2.24) is 19.8 Å². The summed E-state index contributed by atoms with van der Waals surface area (Å²) in [6.07, 6.45) is 1.18. The predicted octanol–water partition coefficient (Wildman–Crippen LogP) is 1.38. The smallest absolute Gasteiger partial charge is 0.308 e. The molecular weight excluding hydrogens is 368 g/mol. The Labute approximate surface area is 161 Å². The molecule has 0 atom stereocenters. The molecule has 1 amide bonds. The van der Waals surface area contributed by atoms with Crippen molar-refractivity contribution in [1.29, 1.82) is 0 Å². The molecule has 3 heterocycles. The molecule has 2 aromatic rings. The van der Waals surface area contributed by atoms with Gasteiger partial charge in [-0.05, 0) is 39.4 Å². The van der Waals surface area contributed by atoms with Crippen LogP contribution >= 0.6 is 11.3 Å². The van der Waals surface area contributed by atoms with Crippen LogP contribution in [0.2, 0.25) is 0 Å². The standard InChI is InChI=1S/C18H24N4O4S/c1-10-13-15(23)19-12(9-21(2)3)20-16(13)27-14(10)17(24)22-7-5-11(6-8-22)18(25)26-4/h11H,5-9H2,1-4H3,(H,19,20,23). The van der Waals surface area contributed by atoms with Gasteiger partial charge in [0, 0.05) is 13.1 Å². The Kier molecular flexibility index (Phi) is 5.61. The van der Waals surface area contributed by atoms with Crippen molar-refractivity contribution in [3.8, 4) is 0 Å². The molecule has 146 valence electrons. The highest BCUT2D eigenvalue weighted by Gasteiger charge is 2.30. The molecule has 0 saturated carbocycles. The first-order valence-corrected chi connectivity index (χ1v) is 9.67. The van der Waals surface area contributed by atoms with Gasteiger partial charge in [0.05, 0.1) is 29.8 Å². The Bertz CT molecular complexity index is 925. The zero-order valence-corrected chi connectivity index (χ0v) is 16.8. The Morgan fingerprint density at radius 1 is 1.33 bits per heavy atom. The number of hydrogen-bond acceptors (Lipinski definition) is 7. The summed E-state index contributed by atoms with van der Waals surface area (Å²) in [7, 11) is 5.18. The number of piperidine rings is 1. The maximum absolute atomic E-state index is 13.0. The number of carbonyl (C=O) groups excluding carboxylic acids is 2. The zero-order valence-electron chi connectivity index (χ0n) is 16.0. The molecule has 1 N–H and O–H groups in total. The number of nitrogens with zero attached hydrogens (tertiary/aromatic N) is 3. The monoisotopic (exact) mass is 392 g/mol. The second-order valence-corrected chi connectivity index (χ2v) is 8.08. The van der Waals surface area contributed by atoms with Gasteiger partial charge in [-0.2, -0.15) is 0 Å². The summed E-state index contributed by atoms with van der Waals surface area (Å²) < 4.78 is 4.79. The number of aromatic nitrogens is 2. The number of aromatic amines is 1. The number of rotatable bonds is 4. The molecule has 1 aliphatic rings. The van der Waals surface area contributed by atoms with E-state index in [9.17, 15) is 14.4 Å². The molecule has 0 aromatic carbocycles. The number of aryl methyl sites for hydroxylation is 1. The zero-order chi connectivity index (χ0) is 19.7. The molecule has 27 heavy (non-hydrogen) atoms. The van der Waals surface area contributed by atoms with Crippen LogP contribution in [0.1, 0.15) is 33.9 Å². The molecule has 0 spiro atoms. The molecular formula is C18H24N4O4S. The summed E-state index contributed by atoms with van der Waals surface area (Å²) in [4.78, 5) is 49.2. The number of methoxy groups -OCH3 is 1. The van der Waals surface area contributed by atoms with E-state index in [0.29, 0.717) is 59.0 Å². The summed E-state index contributed by atoms with van der Waals surface area (Å²) in [6, 6.07) is 0. The van der Waals surface area contributed by atoms with Gasteiger partial charge in [0.15, 0.2) is 0 Å². The Morgan fingerprint density at radius 2 is 2.00 bits per heavy atom. The number of H-pyrrole nitrogens is 1. The number of fused-ring (bicyclic) bond motifs is 1. The van der Waals surface area contributed by atoms with Crippen LogP contribution in [-0.2, 0) is 16.1 Å². The summed E-state index contributed by atoms with van der Waals surface area (Å²) in [5, 5.41) is 0.482. The molecule has 1 aliphatic heterocycles. The average Bonchev–Trinajstić information content (AvgIpc) is 2.97. The molecule has 2 aromatic heterocycles. The molecule has 1 saturated heterocycles. The average molecular weight is 392 g/mol. The summed E-state index contributed by atoms with van der Waals surface area (Å²) in [5.74, 6) is 0.106. The summed E-state index contributed by atoms with van der Waals surface area (Å²) in [5.41, 5.74) is 0.453. The van der Waals surface area contributed by atoms with E-state index in [1.807, 2.05) is 19.0 Å². The molecule has 8 nitrogen and oxygen atoms in total. The van der Waals surface area contributed by atoms with E-state index in [-0.39, 0.29) is 23.4 Å². The first-order chi connectivity index (χ1) is 12.8. The van der Waals surface area contributed by atoms with Gasteiger partial charge in [0.1, 0.15) is 10.7 Å². The molecule has 0 unspecified atom stereocenters. The Hall–Kier alpha value is -2.26. The van der Waals surface area contributed by atoms with Crippen LogP contribution < -0.4 is 5.56 Å². The molecule has 9 heteroatoms. The molecule has 3 rings (SSSR count). The Balaban J connectivity index is 1.85. The van der Waals surface area contributed by atoms with Crippen molar-refractivity contribution >= 4 is 33.4 Å². The first-order valence-electron chi connectivity index (χ1n) is 8.86. The van der Waals surface area contributed by atoms with Crippen LogP contribution in [0.15, 0.2) is 4.79 Å². The van der Waals surface area contributed by atoms with Crippen molar-refractivity contribution in [3.05, 3.63) is 26.6 Å². The van der Waals surface area contributed by atoms with Crippen molar-refractivity contribution in [2.24, 2.45) is 5.92 Å². The lowest BCUT2D eigenvalue weighted by atomic mass is 9.97. The number of ether oxygens (including phenoxy) is 1. The quantitative estimate of drug-likeness (QED) is 0.790. The van der Waals surface area contributed by atoms with Gasteiger partial charge in [-0.3, -0.25) is 14.4 Å². The van der Waals surface area contributed by atoms with E-state index in [2.05, 4.69) is 9.97 Å². The van der Waals surface area contributed by atoms with E-state index >= 15 is 0 Å². The highest BCUT2D eigenvalue weighted by molar-refractivity contribution is 7.20. The fraction of sp³-hybridized carbons (Fsp3) is 0.556. The fourth-order valence-electron chi connectivity index (χ4n) is 3.40. The van der Waals surface area contributed by atoms with Crippen LogP contribution in [0.4, 0.5) is 0 Å². The normalized spacial score (nSPS) is 15.5. The van der Waals surface area contributed by atoms with Gasteiger partial charge < -0.3 is 19.5 Å². The van der Waals surface area contributed by atoms with Crippen molar-refractivity contribution in [2.45, 2.75) is 26.3 Å². The highest BCUT2D eigenvalue weighted by atomic mass is 32.1. The van der Waals surface area contributed by atoms with Crippen LogP contribution in [0.25, 0.3) is 10.2 Å². The van der Waals surface area contributed by atoms with E-state index in [1.165, 1.54) is 18.4 Å².